The van der Waals surface area contributed by atoms with Crippen LogP contribution in [0.3, 0.4) is 0 Å². The van der Waals surface area contributed by atoms with E-state index in [1.54, 1.807) is 9.70 Å². The molecule has 0 aliphatic carbocycles. The van der Waals surface area contributed by atoms with Crippen molar-refractivity contribution in [1.29, 1.82) is 0 Å². The number of carbonyl (C=O) groups excluding carboxylic acids is 2. The second-order valence-electron chi connectivity index (χ2n) is 7.73. The van der Waals surface area contributed by atoms with E-state index < -0.39 is 0 Å². The molecule has 0 atom stereocenters. The largest absolute Gasteiger partial charge is 0.341 e. The Labute approximate surface area is 174 Å². The van der Waals surface area contributed by atoms with E-state index in [4.69, 9.17) is 0 Å². The molecule has 1 fully saturated rings. The zero-order valence-corrected chi connectivity index (χ0v) is 16.5. The Bertz CT molecular complexity index is 1070. The summed E-state index contributed by atoms with van der Waals surface area (Å²) in [5.74, 6) is 0.543. The average molecular weight is 402 g/mol. The number of piperidine rings is 1. The van der Waals surface area contributed by atoms with Crippen LogP contribution in [0.25, 0.3) is 11.4 Å². The zero-order chi connectivity index (χ0) is 20.5. The normalized spacial score (nSPS) is 16.7. The molecule has 0 spiro atoms. The summed E-state index contributed by atoms with van der Waals surface area (Å²) < 4.78 is 0. The summed E-state index contributed by atoms with van der Waals surface area (Å²) in [6.07, 6.45) is 1.54. The highest BCUT2D eigenvalue weighted by Crippen LogP contribution is 2.24. The Morgan fingerprint density at radius 3 is 2.50 bits per heavy atom. The Morgan fingerprint density at radius 2 is 1.73 bits per heavy atom. The van der Waals surface area contributed by atoms with E-state index in [0.29, 0.717) is 31.0 Å². The van der Waals surface area contributed by atoms with Gasteiger partial charge in [-0.1, -0.05) is 48.5 Å². The minimum Gasteiger partial charge on any atom is -0.341 e. The average Bonchev–Trinajstić information content (AvgIpc) is 3.40. The van der Waals surface area contributed by atoms with Gasteiger partial charge in [0, 0.05) is 30.8 Å². The van der Waals surface area contributed by atoms with E-state index in [9.17, 15) is 9.59 Å². The molecule has 0 unspecified atom stereocenters. The van der Waals surface area contributed by atoms with Crippen molar-refractivity contribution >= 4 is 11.8 Å². The van der Waals surface area contributed by atoms with Crippen molar-refractivity contribution < 1.29 is 9.59 Å². The second kappa shape index (κ2) is 7.70. The van der Waals surface area contributed by atoms with Crippen LogP contribution in [0, 0.1) is 0 Å². The predicted octanol–water partition coefficient (Wildman–Crippen LogP) is 2.16. The van der Waals surface area contributed by atoms with Gasteiger partial charge in [0.25, 0.3) is 5.91 Å². The third-order valence-corrected chi connectivity index (χ3v) is 5.83. The topological polar surface area (TPSA) is 84.2 Å². The molecular weight excluding hydrogens is 380 g/mol. The SMILES string of the molecule is O=C(CN1Cc2ccccc2C1=O)N1CCC(n2nnc(-c3ccccc3)n2)CC1. The third-order valence-electron chi connectivity index (χ3n) is 5.83. The molecule has 3 heterocycles. The molecule has 2 aromatic carbocycles. The first-order valence-corrected chi connectivity index (χ1v) is 10.2. The number of likely N-dealkylation sites (tertiary alicyclic amines) is 1. The Kier molecular flexibility index (Phi) is 4.74. The fraction of sp³-hybridized carbons (Fsp3) is 0.318. The van der Waals surface area contributed by atoms with Crippen LogP contribution in [0.5, 0.6) is 0 Å². The molecule has 30 heavy (non-hydrogen) atoms. The van der Waals surface area contributed by atoms with E-state index in [2.05, 4.69) is 15.4 Å². The summed E-state index contributed by atoms with van der Waals surface area (Å²) in [7, 11) is 0. The fourth-order valence-corrected chi connectivity index (χ4v) is 4.13. The minimum absolute atomic E-state index is 0.00821. The van der Waals surface area contributed by atoms with Crippen LogP contribution in [0.15, 0.2) is 54.6 Å². The number of hydrogen-bond donors (Lipinski definition) is 0. The number of amides is 2. The fourth-order valence-electron chi connectivity index (χ4n) is 4.13. The number of rotatable bonds is 4. The molecule has 1 aromatic heterocycles. The second-order valence-corrected chi connectivity index (χ2v) is 7.73. The summed E-state index contributed by atoms with van der Waals surface area (Å²) in [5.41, 5.74) is 2.63. The Morgan fingerprint density at radius 1 is 1.00 bits per heavy atom. The number of nitrogens with zero attached hydrogens (tertiary/aromatic N) is 6. The van der Waals surface area contributed by atoms with E-state index in [0.717, 1.165) is 24.0 Å². The molecule has 1 saturated heterocycles. The summed E-state index contributed by atoms with van der Waals surface area (Å²) >= 11 is 0. The highest BCUT2D eigenvalue weighted by atomic mass is 16.2. The zero-order valence-electron chi connectivity index (χ0n) is 16.5. The maximum atomic E-state index is 12.8. The predicted molar refractivity (Wildman–Crippen MR) is 109 cm³/mol. The van der Waals surface area contributed by atoms with Gasteiger partial charge in [-0.2, -0.15) is 4.80 Å². The van der Waals surface area contributed by atoms with Gasteiger partial charge in [-0.05, 0) is 29.7 Å². The molecule has 8 heteroatoms. The molecule has 3 aromatic rings. The van der Waals surface area contributed by atoms with Crippen LogP contribution < -0.4 is 0 Å². The number of benzene rings is 2. The molecule has 0 saturated carbocycles. The van der Waals surface area contributed by atoms with Crippen molar-refractivity contribution in [3.8, 4) is 11.4 Å². The molecule has 2 amide bonds. The number of aromatic nitrogens is 4. The molecule has 0 N–H and O–H groups in total. The number of carbonyl (C=O) groups is 2. The van der Waals surface area contributed by atoms with Crippen molar-refractivity contribution in [1.82, 2.24) is 30.0 Å². The standard InChI is InChI=1S/C22H22N6O2/c29-20(15-27-14-17-8-4-5-9-19(17)22(27)30)26-12-10-18(11-13-26)28-24-21(23-25-28)16-6-2-1-3-7-16/h1-9,18H,10-15H2. The van der Waals surface area contributed by atoms with Crippen LogP contribution in [-0.4, -0.2) is 61.5 Å². The molecule has 152 valence electrons. The minimum atomic E-state index is -0.0610. The summed E-state index contributed by atoms with van der Waals surface area (Å²) in [5, 5.41) is 12.9. The monoisotopic (exact) mass is 402 g/mol. The lowest BCUT2D eigenvalue weighted by atomic mass is 10.1. The van der Waals surface area contributed by atoms with Gasteiger partial charge in [0.05, 0.1) is 6.04 Å². The summed E-state index contributed by atoms with van der Waals surface area (Å²) in [6.45, 7) is 1.88. The van der Waals surface area contributed by atoms with Crippen molar-refractivity contribution in [2.24, 2.45) is 0 Å². The maximum Gasteiger partial charge on any atom is 0.254 e. The van der Waals surface area contributed by atoms with Crippen molar-refractivity contribution in [2.45, 2.75) is 25.4 Å². The van der Waals surface area contributed by atoms with Gasteiger partial charge in [0.1, 0.15) is 6.54 Å². The van der Waals surface area contributed by atoms with E-state index >= 15 is 0 Å². The van der Waals surface area contributed by atoms with Gasteiger partial charge in [0.15, 0.2) is 0 Å². The first-order valence-electron chi connectivity index (χ1n) is 10.2. The number of tetrazole rings is 1. The molecule has 0 radical (unpaired) electrons. The quantitative estimate of drug-likeness (QED) is 0.668. The van der Waals surface area contributed by atoms with Gasteiger partial charge in [-0.25, -0.2) is 0 Å². The van der Waals surface area contributed by atoms with Crippen LogP contribution in [0.1, 0.15) is 34.8 Å². The molecular formula is C22H22N6O2. The van der Waals surface area contributed by atoms with Crippen molar-refractivity contribution in [3.05, 3.63) is 65.7 Å². The van der Waals surface area contributed by atoms with Gasteiger partial charge in [0.2, 0.25) is 11.7 Å². The molecule has 2 aliphatic heterocycles. The van der Waals surface area contributed by atoms with Gasteiger partial charge >= 0.3 is 0 Å². The van der Waals surface area contributed by atoms with Crippen LogP contribution in [0.4, 0.5) is 0 Å². The maximum absolute atomic E-state index is 12.8. The highest BCUT2D eigenvalue weighted by molar-refractivity contribution is 6.00. The van der Waals surface area contributed by atoms with Crippen LogP contribution in [0.2, 0.25) is 0 Å². The van der Waals surface area contributed by atoms with Crippen LogP contribution in [-0.2, 0) is 11.3 Å². The lowest BCUT2D eigenvalue weighted by molar-refractivity contribution is -0.133. The lowest BCUT2D eigenvalue weighted by Crippen LogP contribution is -2.44. The van der Waals surface area contributed by atoms with Gasteiger partial charge in [-0.15, -0.1) is 10.2 Å². The molecule has 2 aliphatic rings. The molecule has 8 nitrogen and oxygen atoms in total. The lowest BCUT2D eigenvalue weighted by Gasteiger charge is -2.32. The smallest absolute Gasteiger partial charge is 0.254 e. The molecule has 5 rings (SSSR count). The van der Waals surface area contributed by atoms with Crippen molar-refractivity contribution in [3.63, 3.8) is 0 Å². The Balaban J connectivity index is 1.17. The Hall–Kier alpha value is -3.55. The first kappa shape index (κ1) is 18.5. The number of fused-ring (bicyclic) bond motifs is 1. The highest BCUT2D eigenvalue weighted by Gasteiger charge is 2.31. The van der Waals surface area contributed by atoms with Gasteiger partial charge in [-0.3, -0.25) is 9.59 Å². The van der Waals surface area contributed by atoms with E-state index in [1.165, 1.54) is 0 Å². The van der Waals surface area contributed by atoms with Crippen molar-refractivity contribution in [2.75, 3.05) is 19.6 Å². The first-order chi connectivity index (χ1) is 14.7. The summed E-state index contributed by atoms with van der Waals surface area (Å²) in [6, 6.07) is 17.4. The van der Waals surface area contributed by atoms with Gasteiger partial charge < -0.3 is 9.80 Å². The summed E-state index contributed by atoms with van der Waals surface area (Å²) in [4.78, 5) is 30.4. The van der Waals surface area contributed by atoms with E-state index in [-0.39, 0.29) is 24.4 Å². The third kappa shape index (κ3) is 3.45. The van der Waals surface area contributed by atoms with Crippen LogP contribution >= 0.6 is 0 Å². The molecule has 0 bridgehead atoms. The number of hydrogen-bond acceptors (Lipinski definition) is 5. The van der Waals surface area contributed by atoms with E-state index in [1.807, 2.05) is 59.5 Å².